The Bertz CT molecular complexity index is 566. The van der Waals surface area contributed by atoms with Gasteiger partial charge in [0.25, 0.3) is 5.91 Å². The zero-order valence-electron chi connectivity index (χ0n) is 11.4. The molecule has 106 valence electrons. The van der Waals surface area contributed by atoms with Gasteiger partial charge in [0.1, 0.15) is 5.69 Å². The highest BCUT2D eigenvalue weighted by Gasteiger charge is 2.10. The van der Waals surface area contributed by atoms with Gasteiger partial charge in [-0.15, -0.1) is 0 Å². The van der Waals surface area contributed by atoms with Crippen LogP contribution in [0.2, 0.25) is 0 Å². The number of pyridine rings is 1. The van der Waals surface area contributed by atoms with E-state index in [0.717, 1.165) is 23.7 Å². The van der Waals surface area contributed by atoms with E-state index in [1.165, 1.54) is 23.7 Å². The first-order valence-corrected chi connectivity index (χ1v) is 8.53. The van der Waals surface area contributed by atoms with Crippen LogP contribution >= 0.6 is 22.6 Å². The van der Waals surface area contributed by atoms with Crippen molar-refractivity contribution >= 4 is 39.3 Å². The van der Waals surface area contributed by atoms with E-state index in [4.69, 9.17) is 0 Å². The van der Waals surface area contributed by atoms with Gasteiger partial charge in [0.15, 0.2) is 0 Å². The van der Waals surface area contributed by atoms with Crippen LogP contribution in [-0.2, 0) is 0 Å². The second-order valence-electron chi connectivity index (χ2n) is 4.74. The summed E-state index contributed by atoms with van der Waals surface area (Å²) in [6, 6.07) is 9.77. The van der Waals surface area contributed by atoms with E-state index in [1.807, 2.05) is 30.3 Å². The van der Waals surface area contributed by atoms with Gasteiger partial charge in [-0.1, -0.05) is 59.7 Å². The molecule has 1 aromatic carbocycles. The van der Waals surface area contributed by atoms with Gasteiger partial charge in [0.05, 0.1) is 0 Å². The van der Waals surface area contributed by atoms with Gasteiger partial charge in [-0.3, -0.25) is 9.78 Å². The van der Waals surface area contributed by atoms with Gasteiger partial charge < -0.3 is 5.32 Å². The average Bonchev–Trinajstić information content (AvgIpc) is 2.50. The number of rotatable bonds is 7. The molecule has 20 heavy (non-hydrogen) atoms. The molecule has 2 aromatic rings. The fraction of sp³-hybridized carbons (Fsp3) is 0.375. The average molecular weight is 382 g/mol. The lowest BCUT2D eigenvalue weighted by molar-refractivity contribution is 0.0950. The van der Waals surface area contributed by atoms with E-state index in [0.29, 0.717) is 5.69 Å². The zero-order chi connectivity index (χ0) is 14.2. The van der Waals surface area contributed by atoms with Crippen molar-refractivity contribution in [3.63, 3.8) is 0 Å². The first kappa shape index (κ1) is 15.2. The van der Waals surface area contributed by atoms with Crippen molar-refractivity contribution in [1.82, 2.24) is 10.3 Å². The van der Waals surface area contributed by atoms with Crippen LogP contribution in [0.15, 0.2) is 36.5 Å². The molecule has 0 bridgehead atoms. The van der Waals surface area contributed by atoms with Crippen LogP contribution in [-0.4, -0.2) is 21.9 Å². The van der Waals surface area contributed by atoms with Crippen LogP contribution in [0.5, 0.6) is 0 Å². The van der Waals surface area contributed by atoms with E-state index in [9.17, 15) is 4.79 Å². The highest BCUT2D eigenvalue weighted by atomic mass is 127. The van der Waals surface area contributed by atoms with Gasteiger partial charge in [-0.2, -0.15) is 0 Å². The largest absolute Gasteiger partial charge is 0.351 e. The maximum atomic E-state index is 12.2. The standard InChI is InChI=1S/C16H19IN2O/c17-10-5-1-2-6-11-19-16(20)15-14-8-4-3-7-13(14)9-12-18-15/h3-4,7-9,12H,1-2,5-6,10-11H2,(H,19,20). The smallest absolute Gasteiger partial charge is 0.270 e. The number of carbonyl (C=O) groups excluding carboxylic acids is 1. The van der Waals surface area contributed by atoms with Gasteiger partial charge in [0.2, 0.25) is 0 Å². The molecular formula is C16H19IN2O. The minimum Gasteiger partial charge on any atom is -0.351 e. The van der Waals surface area contributed by atoms with Crippen LogP contribution in [0.25, 0.3) is 10.8 Å². The Morgan fingerprint density at radius 2 is 1.90 bits per heavy atom. The van der Waals surface area contributed by atoms with Crippen molar-refractivity contribution in [3.05, 3.63) is 42.2 Å². The van der Waals surface area contributed by atoms with Gasteiger partial charge in [-0.05, 0) is 28.7 Å². The van der Waals surface area contributed by atoms with E-state index >= 15 is 0 Å². The number of unbranched alkanes of at least 4 members (excludes halogenated alkanes) is 3. The fourth-order valence-corrected chi connectivity index (χ4v) is 2.70. The monoisotopic (exact) mass is 382 g/mol. The van der Waals surface area contributed by atoms with Gasteiger partial charge in [0, 0.05) is 18.1 Å². The maximum Gasteiger partial charge on any atom is 0.270 e. The molecule has 0 fully saturated rings. The lowest BCUT2D eigenvalue weighted by atomic mass is 10.1. The van der Waals surface area contributed by atoms with Crippen molar-refractivity contribution in [2.45, 2.75) is 25.7 Å². The van der Waals surface area contributed by atoms with Crippen LogP contribution in [0, 0.1) is 0 Å². The summed E-state index contributed by atoms with van der Waals surface area (Å²) < 4.78 is 1.21. The molecule has 0 atom stereocenters. The van der Waals surface area contributed by atoms with Crippen molar-refractivity contribution in [3.8, 4) is 0 Å². The molecular weight excluding hydrogens is 363 g/mol. The highest BCUT2D eigenvalue weighted by Crippen LogP contribution is 2.16. The summed E-state index contributed by atoms with van der Waals surface area (Å²) in [6.07, 6.45) is 6.40. The third-order valence-electron chi connectivity index (χ3n) is 3.23. The fourth-order valence-electron chi connectivity index (χ4n) is 2.16. The van der Waals surface area contributed by atoms with Crippen molar-refractivity contribution in [2.75, 3.05) is 11.0 Å². The highest BCUT2D eigenvalue weighted by molar-refractivity contribution is 14.1. The molecule has 0 aliphatic carbocycles. The van der Waals surface area contributed by atoms with Crippen LogP contribution in [0.1, 0.15) is 36.2 Å². The summed E-state index contributed by atoms with van der Waals surface area (Å²) >= 11 is 2.40. The Hall–Kier alpha value is -1.17. The topological polar surface area (TPSA) is 42.0 Å². The maximum absolute atomic E-state index is 12.2. The second-order valence-corrected chi connectivity index (χ2v) is 5.82. The van der Waals surface area contributed by atoms with E-state index in [-0.39, 0.29) is 5.91 Å². The molecule has 0 aliphatic rings. The van der Waals surface area contributed by atoms with Crippen LogP contribution in [0.3, 0.4) is 0 Å². The number of hydrogen-bond donors (Lipinski definition) is 1. The van der Waals surface area contributed by atoms with Crippen LogP contribution < -0.4 is 5.32 Å². The summed E-state index contributed by atoms with van der Waals surface area (Å²) in [7, 11) is 0. The Morgan fingerprint density at radius 3 is 2.75 bits per heavy atom. The first-order chi connectivity index (χ1) is 9.83. The number of aromatic nitrogens is 1. The first-order valence-electron chi connectivity index (χ1n) is 7.01. The normalized spacial score (nSPS) is 10.7. The van der Waals surface area contributed by atoms with Gasteiger partial charge >= 0.3 is 0 Å². The minimum atomic E-state index is -0.0734. The number of hydrogen-bond acceptors (Lipinski definition) is 2. The summed E-state index contributed by atoms with van der Waals surface area (Å²) in [5.74, 6) is -0.0734. The third kappa shape index (κ3) is 4.16. The minimum absolute atomic E-state index is 0.0734. The summed E-state index contributed by atoms with van der Waals surface area (Å²) in [5, 5.41) is 4.93. The Morgan fingerprint density at radius 1 is 1.10 bits per heavy atom. The molecule has 1 aromatic heterocycles. The molecule has 1 amide bonds. The number of alkyl halides is 1. The number of fused-ring (bicyclic) bond motifs is 1. The van der Waals surface area contributed by atoms with E-state index in [1.54, 1.807) is 6.20 Å². The predicted molar refractivity (Wildman–Crippen MR) is 91.4 cm³/mol. The molecule has 0 saturated heterocycles. The number of carbonyl (C=O) groups is 1. The molecule has 0 unspecified atom stereocenters. The lowest BCUT2D eigenvalue weighted by Crippen LogP contribution is -2.25. The summed E-state index contributed by atoms with van der Waals surface area (Å²) in [6.45, 7) is 0.727. The molecule has 0 spiro atoms. The SMILES string of the molecule is O=C(NCCCCCCI)c1nccc2ccccc12. The van der Waals surface area contributed by atoms with Crippen molar-refractivity contribution < 1.29 is 4.79 Å². The number of amides is 1. The number of halogens is 1. The molecule has 0 aliphatic heterocycles. The summed E-state index contributed by atoms with van der Waals surface area (Å²) in [5.41, 5.74) is 0.523. The molecule has 3 nitrogen and oxygen atoms in total. The molecule has 2 rings (SSSR count). The third-order valence-corrected chi connectivity index (χ3v) is 4.00. The van der Waals surface area contributed by atoms with E-state index < -0.39 is 0 Å². The zero-order valence-corrected chi connectivity index (χ0v) is 13.6. The molecule has 1 heterocycles. The van der Waals surface area contributed by atoms with Crippen molar-refractivity contribution in [1.29, 1.82) is 0 Å². The number of nitrogens with one attached hydrogen (secondary N) is 1. The summed E-state index contributed by atoms with van der Waals surface area (Å²) in [4.78, 5) is 16.4. The predicted octanol–water partition coefficient (Wildman–Crippen LogP) is 3.96. The molecule has 0 radical (unpaired) electrons. The van der Waals surface area contributed by atoms with Crippen LogP contribution in [0.4, 0.5) is 0 Å². The molecule has 0 saturated carbocycles. The number of benzene rings is 1. The lowest BCUT2D eigenvalue weighted by Gasteiger charge is -2.07. The molecule has 4 heteroatoms. The van der Waals surface area contributed by atoms with E-state index in [2.05, 4.69) is 32.9 Å². The Balaban J connectivity index is 1.91. The number of nitrogens with zero attached hydrogens (tertiary/aromatic N) is 1. The van der Waals surface area contributed by atoms with Gasteiger partial charge in [-0.25, -0.2) is 0 Å². The Kier molecular flexibility index (Phi) is 6.24. The second kappa shape index (κ2) is 8.19. The Labute approximate surface area is 133 Å². The quantitative estimate of drug-likeness (QED) is 0.448. The molecule has 1 N–H and O–H groups in total. The van der Waals surface area contributed by atoms with Crippen molar-refractivity contribution in [2.24, 2.45) is 0 Å².